The Bertz CT molecular complexity index is 599. The van der Waals surface area contributed by atoms with Gasteiger partial charge >= 0.3 is 0 Å². The van der Waals surface area contributed by atoms with E-state index in [0.29, 0.717) is 11.3 Å². The van der Waals surface area contributed by atoms with E-state index in [9.17, 15) is 4.79 Å². The molecular weight excluding hydrogens is 294 g/mol. The van der Waals surface area contributed by atoms with Crippen molar-refractivity contribution in [3.8, 4) is 0 Å². The average molecular weight is 306 g/mol. The molecule has 2 heterocycles. The maximum absolute atomic E-state index is 12.0. The van der Waals surface area contributed by atoms with E-state index < -0.39 is 0 Å². The maximum atomic E-state index is 12.0. The zero-order valence-corrected chi connectivity index (χ0v) is 11.7. The zero-order valence-electron chi connectivity index (χ0n) is 10.1. The van der Waals surface area contributed by atoms with E-state index in [1.165, 1.54) is 0 Å². The van der Waals surface area contributed by atoms with Crippen LogP contribution in [0.1, 0.15) is 21.6 Å². The molecular formula is C13H12BrN3O. The lowest BCUT2D eigenvalue weighted by atomic mass is 10.2. The van der Waals surface area contributed by atoms with Gasteiger partial charge in [-0.1, -0.05) is 0 Å². The molecule has 0 fully saturated rings. The molecule has 0 atom stereocenters. The average Bonchev–Trinajstić information content (AvgIpc) is 2.34. The summed E-state index contributed by atoms with van der Waals surface area (Å²) in [6, 6.07) is 5.29. The second-order valence-corrected chi connectivity index (χ2v) is 4.72. The van der Waals surface area contributed by atoms with Gasteiger partial charge in [-0.3, -0.25) is 9.78 Å². The summed E-state index contributed by atoms with van der Waals surface area (Å²) in [4.78, 5) is 20.2. The van der Waals surface area contributed by atoms with Gasteiger partial charge in [-0.2, -0.15) is 0 Å². The van der Waals surface area contributed by atoms with Crippen LogP contribution in [0.25, 0.3) is 0 Å². The molecule has 0 radical (unpaired) electrons. The summed E-state index contributed by atoms with van der Waals surface area (Å²) >= 11 is 3.32. The van der Waals surface area contributed by atoms with Crippen LogP contribution >= 0.6 is 15.9 Å². The number of amides is 1. The molecule has 2 aromatic rings. The molecule has 5 heteroatoms. The van der Waals surface area contributed by atoms with Gasteiger partial charge in [-0.05, 0) is 53.5 Å². The highest BCUT2D eigenvalue weighted by molar-refractivity contribution is 9.10. The third kappa shape index (κ3) is 2.92. The molecule has 1 amide bonds. The Morgan fingerprint density at radius 1 is 1.28 bits per heavy atom. The molecule has 2 rings (SSSR count). The summed E-state index contributed by atoms with van der Waals surface area (Å²) in [7, 11) is 0. The van der Waals surface area contributed by atoms with Crippen LogP contribution in [0, 0.1) is 13.8 Å². The Balaban J connectivity index is 2.18. The quantitative estimate of drug-likeness (QED) is 0.867. The number of anilines is 1. The van der Waals surface area contributed by atoms with Crippen molar-refractivity contribution in [2.45, 2.75) is 13.8 Å². The number of carbonyl (C=O) groups excluding carboxylic acids is 1. The third-order valence-corrected chi connectivity index (χ3v) is 3.26. The Labute approximate surface area is 114 Å². The minimum Gasteiger partial charge on any atom is -0.321 e. The van der Waals surface area contributed by atoms with Gasteiger partial charge < -0.3 is 5.32 Å². The van der Waals surface area contributed by atoms with E-state index >= 15 is 0 Å². The van der Waals surface area contributed by atoms with E-state index in [0.717, 1.165) is 15.9 Å². The number of carbonyl (C=O) groups is 1. The highest BCUT2D eigenvalue weighted by atomic mass is 79.9. The van der Waals surface area contributed by atoms with Gasteiger partial charge in [-0.15, -0.1) is 0 Å². The van der Waals surface area contributed by atoms with Crippen molar-refractivity contribution in [1.29, 1.82) is 0 Å². The van der Waals surface area contributed by atoms with Crippen LogP contribution < -0.4 is 5.32 Å². The minimum atomic E-state index is -0.163. The van der Waals surface area contributed by atoms with Crippen molar-refractivity contribution in [2.75, 3.05) is 5.32 Å². The number of halogens is 1. The molecule has 0 aliphatic carbocycles. The van der Waals surface area contributed by atoms with Crippen LogP contribution in [0.15, 0.2) is 35.2 Å². The predicted molar refractivity (Wildman–Crippen MR) is 73.6 cm³/mol. The topological polar surface area (TPSA) is 54.9 Å². The second kappa shape index (κ2) is 5.27. The van der Waals surface area contributed by atoms with Gasteiger partial charge in [0, 0.05) is 17.5 Å². The van der Waals surface area contributed by atoms with Crippen molar-refractivity contribution in [3.63, 3.8) is 0 Å². The zero-order chi connectivity index (χ0) is 13.1. The molecule has 18 heavy (non-hydrogen) atoms. The van der Waals surface area contributed by atoms with Gasteiger partial charge in [0.1, 0.15) is 4.60 Å². The number of aryl methyl sites for hydroxylation is 2. The molecule has 1 N–H and O–H groups in total. The molecule has 4 nitrogen and oxygen atoms in total. The number of nitrogens with one attached hydrogen (secondary N) is 1. The SMILES string of the molecule is Cc1cc(C(=O)Nc2cnc(Br)c(C)c2)ccn1. The van der Waals surface area contributed by atoms with Gasteiger partial charge in [-0.25, -0.2) is 4.98 Å². The lowest BCUT2D eigenvalue weighted by Crippen LogP contribution is -2.12. The van der Waals surface area contributed by atoms with E-state index in [1.807, 2.05) is 19.9 Å². The highest BCUT2D eigenvalue weighted by Gasteiger charge is 2.07. The smallest absolute Gasteiger partial charge is 0.255 e. The highest BCUT2D eigenvalue weighted by Crippen LogP contribution is 2.17. The first-order valence-corrected chi connectivity index (χ1v) is 6.22. The molecule has 0 spiro atoms. The fourth-order valence-corrected chi connectivity index (χ4v) is 1.73. The van der Waals surface area contributed by atoms with Crippen LogP contribution in [0.5, 0.6) is 0 Å². The number of pyridine rings is 2. The number of aromatic nitrogens is 2. The number of nitrogens with zero attached hydrogens (tertiary/aromatic N) is 2. The van der Waals surface area contributed by atoms with Gasteiger partial charge in [0.05, 0.1) is 11.9 Å². The Morgan fingerprint density at radius 3 is 2.72 bits per heavy atom. The van der Waals surface area contributed by atoms with Crippen LogP contribution in [-0.4, -0.2) is 15.9 Å². The monoisotopic (exact) mass is 305 g/mol. The number of hydrogen-bond acceptors (Lipinski definition) is 3. The predicted octanol–water partition coefficient (Wildman–Crippen LogP) is 3.11. The van der Waals surface area contributed by atoms with E-state index in [-0.39, 0.29) is 5.91 Å². The summed E-state index contributed by atoms with van der Waals surface area (Å²) in [5, 5.41) is 2.80. The van der Waals surface area contributed by atoms with Gasteiger partial charge in [0.25, 0.3) is 5.91 Å². The molecule has 0 saturated carbocycles. The Kier molecular flexibility index (Phi) is 3.72. The standard InChI is InChI=1S/C13H12BrN3O/c1-8-5-11(7-16-12(8)14)17-13(18)10-3-4-15-9(2)6-10/h3-7H,1-2H3,(H,17,18). The molecule has 2 aromatic heterocycles. The normalized spacial score (nSPS) is 10.2. The lowest BCUT2D eigenvalue weighted by molar-refractivity contribution is 0.102. The second-order valence-electron chi connectivity index (χ2n) is 3.97. The van der Waals surface area contributed by atoms with Crippen molar-refractivity contribution >= 4 is 27.5 Å². The van der Waals surface area contributed by atoms with E-state index in [1.54, 1.807) is 24.5 Å². The van der Waals surface area contributed by atoms with E-state index in [4.69, 9.17) is 0 Å². The van der Waals surface area contributed by atoms with Crippen molar-refractivity contribution in [2.24, 2.45) is 0 Å². The first-order chi connectivity index (χ1) is 8.56. The van der Waals surface area contributed by atoms with Crippen LogP contribution in [0.2, 0.25) is 0 Å². The summed E-state index contributed by atoms with van der Waals surface area (Å²) in [6.07, 6.45) is 3.23. The summed E-state index contributed by atoms with van der Waals surface area (Å²) < 4.78 is 0.778. The summed E-state index contributed by atoms with van der Waals surface area (Å²) in [5.41, 5.74) is 3.05. The molecule has 92 valence electrons. The van der Waals surface area contributed by atoms with Crippen LogP contribution in [0.4, 0.5) is 5.69 Å². The summed E-state index contributed by atoms with van der Waals surface area (Å²) in [5.74, 6) is -0.163. The van der Waals surface area contributed by atoms with Crippen molar-refractivity contribution < 1.29 is 4.79 Å². The van der Waals surface area contributed by atoms with Crippen LogP contribution in [0.3, 0.4) is 0 Å². The van der Waals surface area contributed by atoms with Gasteiger partial charge in [0.2, 0.25) is 0 Å². The number of rotatable bonds is 2. The van der Waals surface area contributed by atoms with Gasteiger partial charge in [0.15, 0.2) is 0 Å². The minimum absolute atomic E-state index is 0.163. The fourth-order valence-electron chi connectivity index (χ4n) is 1.52. The molecule has 0 aromatic carbocycles. The molecule has 0 unspecified atom stereocenters. The largest absolute Gasteiger partial charge is 0.321 e. The lowest BCUT2D eigenvalue weighted by Gasteiger charge is -2.06. The van der Waals surface area contributed by atoms with Crippen molar-refractivity contribution in [1.82, 2.24) is 9.97 Å². The Hall–Kier alpha value is -1.75. The van der Waals surface area contributed by atoms with E-state index in [2.05, 4.69) is 31.2 Å². The molecule has 0 aliphatic heterocycles. The summed E-state index contributed by atoms with van der Waals surface area (Å²) in [6.45, 7) is 3.77. The molecule has 0 aliphatic rings. The molecule has 0 saturated heterocycles. The third-order valence-electron chi connectivity index (χ3n) is 2.43. The first kappa shape index (κ1) is 12.7. The number of hydrogen-bond donors (Lipinski definition) is 1. The van der Waals surface area contributed by atoms with Crippen molar-refractivity contribution in [3.05, 3.63) is 52.0 Å². The van der Waals surface area contributed by atoms with Crippen LogP contribution in [-0.2, 0) is 0 Å². The molecule has 0 bridgehead atoms. The maximum Gasteiger partial charge on any atom is 0.255 e. The fraction of sp³-hybridized carbons (Fsp3) is 0.154. The first-order valence-electron chi connectivity index (χ1n) is 5.42. The Morgan fingerprint density at radius 2 is 2.06 bits per heavy atom.